The maximum atomic E-state index is 11.8. The van der Waals surface area contributed by atoms with Gasteiger partial charge in [-0.1, -0.05) is 0 Å². The molecule has 0 aliphatic carbocycles. The van der Waals surface area contributed by atoms with Crippen LogP contribution in [0.1, 0.15) is 26.5 Å². The van der Waals surface area contributed by atoms with Crippen LogP contribution in [0.15, 0.2) is 6.07 Å². The average molecular weight is 270 g/mol. The lowest BCUT2D eigenvalue weighted by atomic mass is 10.2. The lowest BCUT2D eigenvalue weighted by Gasteiger charge is -2.11. The quantitative estimate of drug-likeness (QED) is 0.720. The number of thiophene rings is 1. The molecule has 1 aromatic heterocycles. The van der Waals surface area contributed by atoms with Gasteiger partial charge >= 0.3 is 5.97 Å². The molecule has 0 saturated heterocycles. The smallest absolute Gasteiger partial charge is 0.326 e. The number of nitrogens with one attached hydrogen (secondary N) is 1. The van der Waals surface area contributed by atoms with Crippen molar-refractivity contribution in [3.05, 3.63) is 21.4 Å². The largest absolute Gasteiger partial charge is 0.480 e. The first-order valence-electron chi connectivity index (χ1n) is 5.20. The van der Waals surface area contributed by atoms with Crippen LogP contribution in [0.25, 0.3) is 0 Å². The minimum absolute atomic E-state index is 0.417. The molecule has 18 heavy (non-hydrogen) atoms. The molecule has 0 fully saturated rings. The van der Waals surface area contributed by atoms with E-state index in [1.54, 1.807) is 6.07 Å². The fraction of sp³-hybridized carbons (Fsp3) is 0.364. The van der Waals surface area contributed by atoms with E-state index in [0.717, 1.165) is 10.4 Å². The number of hydrogen-bond donors (Lipinski definition) is 3. The second-order valence-corrected chi connectivity index (χ2v) is 5.14. The third kappa shape index (κ3) is 3.56. The van der Waals surface area contributed by atoms with E-state index in [4.69, 9.17) is 10.8 Å². The summed E-state index contributed by atoms with van der Waals surface area (Å²) in [4.78, 5) is 34.8. The van der Waals surface area contributed by atoms with E-state index in [1.807, 2.05) is 13.8 Å². The van der Waals surface area contributed by atoms with Gasteiger partial charge in [0.05, 0.1) is 11.3 Å². The minimum atomic E-state index is -1.29. The van der Waals surface area contributed by atoms with Gasteiger partial charge < -0.3 is 16.2 Å². The van der Waals surface area contributed by atoms with Crippen molar-refractivity contribution < 1.29 is 19.5 Å². The Bertz CT molecular complexity index is 476. The molecule has 0 radical (unpaired) electrons. The second kappa shape index (κ2) is 5.63. The first-order chi connectivity index (χ1) is 8.31. The van der Waals surface area contributed by atoms with E-state index in [0.29, 0.717) is 4.88 Å². The molecule has 0 aliphatic heterocycles. The van der Waals surface area contributed by atoms with Gasteiger partial charge in [0, 0.05) is 4.88 Å². The number of nitrogens with two attached hydrogens (primary N) is 1. The summed E-state index contributed by atoms with van der Waals surface area (Å²) in [5.74, 6) is -2.57. The van der Waals surface area contributed by atoms with E-state index in [2.05, 4.69) is 5.32 Å². The summed E-state index contributed by atoms with van der Waals surface area (Å²) in [7, 11) is 0. The maximum absolute atomic E-state index is 11.8. The second-order valence-electron chi connectivity index (χ2n) is 3.88. The number of carbonyl (C=O) groups is 3. The Kier molecular flexibility index (Phi) is 4.43. The number of carboxylic acids is 1. The molecule has 6 nitrogen and oxygen atoms in total. The van der Waals surface area contributed by atoms with Crippen molar-refractivity contribution in [2.24, 2.45) is 5.73 Å². The van der Waals surface area contributed by atoms with E-state index >= 15 is 0 Å². The van der Waals surface area contributed by atoms with Crippen molar-refractivity contribution >= 4 is 29.1 Å². The van der Waals surface area contributed by atoms with Crippen molar-refractivity contribution in [2.75, 3.05) is 0 Å². The van der Waals surface area contributed by atoms with Gasteiger partial charge in [0.1, 0.15) is 6.04 Å². The highest BCUT2D eigenvalue weighted by Gasteiger charge is 2.23. The monoisotopic (exact) mass is 270 g/mol. The van der Waals surface area contributed by atoms with Crippen LogP contribution < -0.4 is 11.1 Å². The van der Waals surface area contributed by atoms with E-state index in [1.165, 1.54) is 11.3 Å². The molecule has 0 aliphatic rings. The highest BCUT2D eigenvalue weighted by Crippen LogP contribution is 2.20. The Hall–Kier alpha value is -1.89. The number of amides is 2. The normalized spacial score (nSPS) is 11.9. The van der Waals surface area contributed by atoms with Crippen LogP contribution in [0.5, 0.6) is 0 Å². The maximum Gasteiger partial charge on any atom is 0.326 e. The molecule has 98 valence electrons. The van der Waals surface area contributed by atoms with Crippen molar-refractivity contribution in [1.29, 1.82) is 0 Å². The topological polar surface area (TPSA) is 109 Å². The molecular formula is C11H14N2O4S. The lowest BCUT2D eigenvalue weighted by Crippen LogP contribution is -2.43. The average Bonchev–Trinajstić information content (AvgIpc) is 2.57. The number of primary amides is 1. The summed E-state index contributed by atoms with van der Waals surface area (Å²) in [5.41, 5.74) is 5.89. The number of aliphatic carboxylic acids is 1. The molecule has 1 atom stereocenters. The molecule has 1 unspecified atom stereocenters. The number of carboxylic acid groups (broad SMARTS) is 1. The van der Waals surface area contributed by atoms with Crippen LogP contribution in [-0.4, -0.2) is 28.9 Å². The number of carbonyl (C=O) groups excluding carboxylic acids is 2. The molecular weight excluding hydrogens is 256 g/mol. The molecule has 1 rings (SSSR count). The van der Waals surface area contributed by atoms with E-state index in [9.17, 15) is 14.4 Å². The molecule has 7 heteroatoms. The Balaban J connectivity index is 2.78. The third-order valence-electron chi connectivity index (χ3n) is 2.40. The third-order valence-corrected chi connectivity index (χ3v) is 3.55. The molecule has 1 aromatic rings. The molecule has 2 amide bonds. The zero-order valence-corrected chi connectivity index (χ0v) is 10.8. The van der Waals surface area contributed by atoms with Crippen molar-refractivity contribution in [3.8, 4) is 0 Å². The Labute approximate surface area is 108 Å². The summed E-state index contributed by atoms with van der Waals surface area (Å²) >= 11 is 1.27. The number of aryl methyl sites for hydroxylation is 2. The van der Waals surface area contributed by atoms with Gasteiger partial charge in [-0.15, -0.1) is 11.3 Å². The fourth-order valence-electron chi connectivity index (χ4n) is 1.32. The summed E-state index contributed by atoms with van der Waals surface area (Å²) in [6.45, 7) is 3.73. The number of rotatable bonds is 5. The first-order valence-corrected chi connectivity index (χ1v) is 6.02. The van der Waals surface area contributed by atoms with Gasteiger partial charge in [-0.05, 0) is 25.5 Å². The Morgan fingerprint density at radius 1 is 1.44 bits per heavy atom. The molecule has 0 saturated carbocycles. The molecule has 1 heterocycles. The van der Waals surface area contributed by atoms with E-state index in [-0.39, 0.29) is 0 Å². The number of hydrogen-bond acceptors (Lipinski definition) is 4. The summed E-state index contributed by atoms with van der Waals surface area (Å²) < 4.78 is 0. The highest BCUT2D eigenvalue weighted by molar-refractivity contribution is 7.14. The Morgan fingerprint density at radius 2 is 2.06 bits per heavy atom. The molecule has 0 aromatic carbocycles. The van der Waals surface area contributed by atoms with Gasteiger partial charge in [-0.25, -0.2) is 4.79 Å². The van der Waals surface area contributed by atoms with Gasteiger partial charge in [0.25, 0.3) is 5.91 Å². The minimum Gasteiger partial charge on any atom is -0.480 e. The first kappa shape index (κ1) is 14.2. The predicted molar refractivity (Wildman–Crippen MR) is 66.5 cm³/mol. The zero-order chi connectivity index (χ0) is 13.9. The summed E-state index contributed by atoms with van der Waals surface area (Å²) in [6, 6.07) is 0.385. The standard InChI is InChI=1S/C11H14N2O4S/c1-5-3-8(18-6(5)2)10(15)13-7(11(16)17)4-9(12)14/h3,7H,4H2,1-2H3,(H2,12,14)(H,13,15)(H,16,17). The van der Waals surface area contributed by atoms with Gasteiger partial charge in [0.2, 0.25) is 5.91 Å². The van der Waals surface area contributed by atoms with Crippen molar-refractivity contribution in [3.63, 3.8) is 0 Å². The van der Waals surface area contributed by atoms with Crippen LogP contribution >= 0.6 is 11.3 Å². The van der Waals surface area contributed by atoms with Crippen LogP contribution in [0.2, 0.25) is 0 Å². The van der Waals surface area contributed by atoms with Gasteiger partial charge in [-0.3, -0.25) is 9.59 Å². The van der Waals surface area contributed by atoms with Crippen LogP contribution in [0.3, 0.4) is 0 Å². The van der Waals surface area contributed by atoms with Crippen molar-refractivity contribution in [1.82, 2.24) is 5.32 Å². The predicted octanol–water partition coefficient (Wildman–Crippen LogP) is 0.423. The van der Waals surface area contributed by atoms with E-state index < -0.39 is 30.2 Å². The molecule has 4 N–H and O–H groups in total. The van der Waals surface area contributed by atoms with Gasteiger partial charge in [0.15, 0.2) is 0 Å². The Morgan fingerprint density at radius 3 is 2.44 bits per heavy atom. The van der Waals surface area contributed by atoms with Crippen molar-refractivity contribution in [2.45, 2.75) is 26.3 Å². The fourth-order valence-corrected chi connectivity index (χ4v) is 2.25. The molecule has 0 bridgehead atoms. The highest BCUT2D eigenvalue weighted by atomic mass is 32.1. The summed E-state index contributed by atoms with van der Waals surface area (Å²) in [6.07, 6.45) is -0.426. The lowest BCUT2D eigenvalue weighted by molar-refractivity contribution is -0.140. The van der Waals surface area contributed by atoms with Gasteiger partial charge in [-0.2, -0.15) is 0 Å². The zero-order valence-electron chi connectivity index (χ0n) is 10.0. The SMILES string of the molecule is Cc1cc(C(=O)NC(CC(N)=O)C(=O)O)sc1C. The van der Waals surface area contributed by atoms with Crippen LogP contribution in [0, 0.1) is 13.8 Å². The molecule has 0 spiro atoms. The van der Waals surface area contributed by atoms with Crippen LogP contribution in [0.4, 0.5) is 0 Å². The summed E-state index contributed by atoms with van der Waals surface area (Å²) in [5, 5.41) is 11.1. The van der Waals surface area contributed by atoms with Crippen LogP contribution in [-0.2, 0) is 9.59 Å².